The van der Waals surface area contributed by atoms with Crippen molar-refractivity contribution in [2.45, 2.75) is 12.7 Å². The molecule has 1 rings (SSSR count). The molecule has 0 heterocycles. The molecule has 0 bridgehead atoms. The number of hydrogen-bond acceptors (Lipinski definition) is 3. The molecule has 0 aromatic heterocycles. The van der Waals surface area contributed by atoms with Crippen molar-refractivity contribution in [3.63, 3.8) is 0 Å². The predicted octanol–water partition coefficient (Wildman–Crippen LogP) is 1.94. The van der Waals surface area contributed by atoms with Crippen LogP contribution in [-0.4, -0.2) is 26.4 Å². The Morgan fingerprint density at radius 2 is 2.27 bits per heavy atom. The standard InChI is InChI=1S/C11H16BrNO2/c1-14-8-11(6-13)15-7-9-3-2-4-10(12)5-9/h2-5,11H,6-8,13H2,1H3. The van der Waals surface area contributed by atoms with Gasteiger partial charge in [-0.05, 0) is 17.7 Å². The molecule has 0 amide bonds. The van der Waals surface area contributed by atoms with Crippen LogP contribution in [0.3, 0.4) is 0 Å². The summed E-state index contributed by atoms with van der Waals surface area (Å²) in [4.78, 5) is 0. The van der Waals surface area contributed by atoms with Gasteiger partial charge in [-0.1, -0.05) is 28.1 Å². The van der Waals surface area contributed by atoms with Gasteiger partial charge in [0.1, 0.15) is 0 Å². The van der Waals surface area contributed by atoms with E-state index >= 15 is 0 Å². The van der Waals surface area contributed by atoms with E-state index in [1.54, 1.807) is 7.11 Å². The number of nitrogens with two attached hydrogens (primary N) is 1. The van der Waals surface area contributed by atoms with Gasteiger partial charge in [0.15, 0.2) is 0 Å². The lowest BCUT2D eigenvalue weighted by molar-refractivity contribution is -0.00564. The molecule has 1 aromatic carbocycles. The Morgan fingerprint density at radius 3 is 2.87 bits per heavy atom. The second kappa shape index (κ2) is 6.95. The van der Waals surface area contributed by atoms with E-state index in [-0.39, 0.29) is 6.10 Å². The lowest BCUT2D eigenvalue weighted by Crippen LogP contribution is -2.28. The molecule has 3 nitrogen and oxygen atoms in total. The predicted molar refractivity (Wildman–Crippen MR) is 63.6 cm³/mol. The van der Waals surface area contributed by atoms with Gasteiger partial charge in [-0.3, -0.25) is 0 Å². The van der Waals surface area contributed by atoms with E-state index in [4.69, 9.17) is 15.2 Å². The van der Waals surface area contributed by atoms with Gasteiger partial charge in [0.05, 0.1) is 19.3 Å². The molecule has 15 heavy (non-hydrogen) atoms. The largest absolute Gasteiger partial charge is 0.382 e. The Labute approximate surface area is 98.7 Å². The van der Waals surface area contributed by atoms with Crippen molar-refractivity contribution in [1.29, 1.82) is 0 Å². The fourth-order valence-electron chi connectivity index (χ4n) is 1.21. The van der Waals surface area contributed by atoms with Crippen molar-refractivity contribution in [2.24, 2.45) is 5.73 Å². The number of methoxy groups -OCH3 is 1. The van der Waals surface area contributed by atoms with E-state index in [0.29, 0.717) is 19.8 Å². The Hall–Kier alpha value is -0.420. The van der Waals surface area contributed by atoms with Gasteiger partial charge in [0, 0.05) is 18.1 Å². The Kier molecular flexibility index (Phi) is 5.86. The summed E-state index contributed by atoms with van der Waals surface area (Å²) < 4.78 is 11.6. The van der Waals surface area contributed by atoms with E-state index < -0.39 is 0 Å². The molecule has 0 aliphatic carbocycles. The van der Waals surface area contributed by atoms with Crippen molar-refractivity contribution >= 4 is 15.9 Å². The number of ether oxygens (including phenoxy) is 2. The van der Waals surface area contributed by atoms with E-state index in [9.17, 15) is 0 Å². The first-order valence-electron chi connectivity index (χ1n) is 4.81. The summed E-state index contributed by atoms with van der Waals surface area (Å²) in [7, 11) is 1.64. The van der Waals surface area contributed by atoms with Gasteiger partial charge in [0.25, 0.3) is 0 Å². The summed E-state index contributed by atoms with van der Waals surface area (Å²) >= 11 is 3.41. The van der Waals surface area contributed by atoms with Gasteiger partial charge in [-0.25, -0.2) is 0 Å². The highest BCUT2D eigenvalue weighted by molar-refractivity contribution is 9.10. The molecule has 2 N–H and O–H groups in total. The van der Waals surface area contributed by atoms with Crippen molar-refractivity contribution in [3.05, 3.63) is 34.3 Å². The van der Waals surface area contributed by atoms with Crippen LogP contribution in [0.25, 0.3) is 0 Å². The Balaban J connectivity index is 2.41. The van der Waals surface area contributed by atoms with E-state index in [1.165, 1.54) is 0 Å². The molecule has 84 valence electrons. The highest BCUT2D eigenvalue weighted by Crippen LogP contribution is 2.12. The third-order valence-corrected chi connectivity index (χ3v) is 2.48. The molecule has 0 aliphatic rings. The zero-order chi connectivity index (χ0) is 11.1. The van der Waals surface area contributed by atoms with Crippen LogP contribution in [0.2, 0.25) is 0 Å². The zero-order valence-electron chi connectivity index (χ0n) is 8.78. The summed E-state index contributed by atoms with van der Waals surface area (Å²) in [5.41, 5.74) is 6.66. The number of rotatable bonds is 6. The van der Waals surface area contributed by atoms with Crippen LogP contribution in [0.1, 0.15) is 5.56 Å². The first-order chi connectivity index (χ1) is 7.26. The Morgan fingerprint density at radius 1 is 1.47 bits per heavy atom. The molecule has 0 aliphatic heterocycles. The lowest BCUT2D eigenvalue weighted by atomic mass is 10.2. The molecular formula is C11H16BrNO2. The topological polar surface area (TPSA) is 44.5 Å². The van der Waals surface area contributed by atoms with E-state index in [2.05, 4.69) is 15.9 Å². The van der Waals surface area contributed by atoms with Gasteiger partial charge < -0.3 is 15.2 Å². The van der Waals surface area contributed by atoms with Crippen LogP contribution >= 0.6 is 15.9 Å². The number of hydrogen-bond donors (Lipinski definition) is 1. The molecule has 1 atom stereocenters. The average Bonchev–Trinajstić information content (AvgIpc) is 2.24. The molecule has 0 radical (unpaired) electrons. The molecule has 1 unspecified atom stereocenters. The SMILES string of the molecule is COCC(CN)OCc1cccc(Br)c1. The molecular weight excluding hydrogens is 258 g/mol. The van der Waals surface area contributed by atoms with Crippen molar-refractivity contribution in [2.75, 3.05) is 20.3 Å². The lowest BCUT2D eigenvalue weighted by Gasteiger charge is -2.14. The number of halogens is 1. The molecule has 0 spiro atoms. The van der Waals surface area contributed by atoms with Gasteiger partial charge in [0.2, 0.25) is 0 Å². The first-order valence-corrected chi connectivity index (χ1v) is 5.60. The van der Waals surface area contributed by atoms with Crippen LogP contribution in [0.15, 0.2) is 28.7 Å². The Bertz CT molecular complexity index is 294. The van der Waals surface area contributed by atoms with Gasteiger partial charge in [-0.2, -0.15) is 0 Å². The zero-order valence-corrected chi connectivity index (χ0v) is 10.4. The maximum Gasteiger partial charge on any atom is 0.0934 e. The minimum Gasteiger partial charge on any atom is -0.382 e. The fraction of sp³-hybridized carbons (Fsp3) is 0.455. The van der Waals surface area contributed by atoms with Gasteiger partial charge in [-0.15, -0.1) is 0 Å². The molecule has 1 aromatic rings. The summed E-state index contributed by atoms with van der Waals surface area (Å²) in [6.45, 7) is 1.57. The second-order valence-electron chi connectivity index (χ2n) is 3.25. The van der Waals surface area contributed by atoms with E-state index in [1.807, 2.05) is 24.3 Å². The fourth-order valence-corrected chi connectivity index (χ4v) is 1.66. The quantitative estimate of drug-likeness (QED) is 0.862. The van der Waals surface area contributed by atoms with Crippen LogP contribution in [0, 0.1) is 0 Å². The minimum absolute atomic E-state index is 0.0334. The van der Waals surface area contributed by atoms with Crippen molar-refractivity contribution in [3.8, 4) is 0 Å². The first kappa shape index (κ1) is 12.6. The monoisotopic (exact) mass is 273 g/mol. The summed E-state index contributed by atoms with van der Waals surface area (Å²) in [5.74, 6) is 0. The van der Waals surface area contributed by atoms with Gasteiger partial charge >= 0.3 is 0 Å². The third kappa shape index (κ3) is 4.75. The molecule has 0 saturated heterocycles. The highest BCUT2D eigenvalue weighted by atomic mass is 79.9. The van der Waals surface area contributed by atoms with Crippen LogP contribution in [0.5, 0.6) is 0 Å². The van der Waals surface area contributed by atoms with Crippen LogP contribution < -0.4 is 5.73 Å². The van der Waals surface area contributed by atoms with Crippen LogP contribution in [-0.2, 0) is 16.1 Å². The molecule has 0 fully saturated rings. The molecule has 0 saturated carbocycles. The average molecular weight is 274 g/mol. The summed E-state index contributed by atoms with van der Waals surface area (Å²) in [6.07, 6.45) is -0.0334. The number of benzene rings is 1. The summed E-state index contributed by atoms with van der Waals surface area (Å²) in [6, 6.07) is 8.02. The highest BCUT2D eigenvalue weighted by Gasteiger charge is 2.06. The second-order valence-corrected chi connectivity index (χ2v) is 4.17. The van der Waals surface area contributed by atoms with Crippen LogP contribution in [0.4, 0.5) is 0 Å². The smallest absolute Gasteiger partial charge is 0.0934 e. The maximum atomic E-state index is 5.60. The molecule has 4 heteroatoms. The van der Waals surface area contributed by atoms with E-state index in [0.717, 1.165) is 10.0 Å². The van der Waals surface area contributed by atoms with Crippen molar-refractivity contribution in [1.82, 2.24) is 0 Å². The van der Waals surface area contributed by atoms with Crippen molar-refractivity contribution < 1.29 is 9.47 Å². The normalized spacial score (nSPS) is 12.7. The maximum absolute atomic E-state index is 5.60. The minimum atomic E-state index is -0.0334. The summed E-state index contributed by atoms with van der Waals surface area (Å²) in [5, 5.41) is 0. The third-order valence-electron chi connectivity index (χ3n) is 1.99.